The van der Waals surface area contributed by atoms with Crippen LogP contribution in [-0.4, -0.2) is 12.1 Å². The lowest BCUT2D eigenvalue weighted by atomic mass is 10.1. The van der Waals surface area contributed by atoms with E-state index in [1.165, 1.54) is 5.57 Å². The summed E-state index contributed by atoms with van der Waals surface area (Å²) in [7, 11) is 0. The van der Waals surface area contributed by atoms with Crippen LogP contribution in [0.5, 0.6) is 0 Å². The van der Waals surface area contributed by atoms with Gasteiger partial charge < -0.3 is 5.32 Å². The predicted octanol–water partition coefficient (Wildman–Crippen LogP) is 4.77. The summed E-state index contributed by atoms with van der Waals surface area (Å²) in [5.41, 5.74) is 2.27. The lowest BCUT2D eigenvalue weighted by molar-refractivity contribution is 0.443. The molecule has 0 aliphatic carbocycles. The van der Waals surface area contributed by atoms with Crippen LogP contribution in [-0.2, 0) is 0 Å². The first-order chi connectivity index (χ1) is 8.31. The molecule has 0 saturated heterocycles. The van der Waals surface area contributed by atoms with E-state index in [0.717, 1.165) is 18.5 Å². The van der Waals surface area contributed by atoms with E-state index in [1.807, 2.05) is 12.1 Å². The van der Waals surface area contributed by atoms with Gasteiger partial charge in [0.1, 0.15) is 5.82 Å². The molecule has 0 saturated carbocycles. The number of benzene rings is 1. The second-order valence-electron chi connectivity index (χ2n) is 5.43. The predicted molar refractivity (Wildman–Crippen MR) is 80.1 cm³/mol. The molecular weight excluding hydrogens is 293 g/mol. The summed E-state index contributed by atoms with van der Waals surface area (Å²) in [6, 6.07) is 5.21. The SMILES string of the molecule is CC/C(=C/c1ccc(Br)c(F)c1)CNC(C)(C)C. The second-order valence-corrected chi connectivity index (χ2v) is 6.29. The van der Waals surface area contributed by atoms with Crippen molar-refractivity contribution in [1.82, 2.24) is 5.32 Å². The lowest BCUT2D eigenvalue weighted by Gasteiger charge is -2.21. The van der Waals surface area contributed by atoms with Gasteiger partial charge in [0.15, 0.2) is 0 Å². The van der Waals surface area contributed by atoms with Crippen LogP contribution < -0.4 is 5.32 Å². The van der Waals surface area contributed by atoms with Crippen molar-refractivity contribution in [3.05, 3.63) is 39.6 Å². The molecule has 1 aromatic rings. The van der Waals surface area contributed by atoms with Crippen molar-refractivity contribution in [2.45, 2.75) is 39.7 Å². The summed E-state index contributed by atoms with van der Waals surface area (Å²) in [6.45, 7) is 9.36. The molecule has 0 bridgehead atoms. The van der Waals surface area contributed by atoms with Crippen molar-refractivity contribution in [2.24, 2.45) is 0 Å². The highest BCUT2D eigenvalue weighted by atomic mass is 79.9. The van der Waals surface area contributed by atoms with Crippen molar-refractivity contribution in [3.8, 4) is 0 Å². The molecule has 0 amide bonds. The van der Waals surface area contributed by atoms with Crippen molar-refractivity contribution < 1.29 is 4.39 Å². The maximum atomic E-state index is 13.4. The van der Waals surface area contributed by atoms with Crippen LogP contribution in [0.4, 0.5) is 4.39 Å². The van der Waals surface area contributed by atoms with Gasteiger partial charge in [0.05, 0.1) is 4.47 Å². The molecule has 3 heteroatoms. The van der Waals surface area contributed by atoms with Crippen LogP contribution in [0.15, 0.2) is 28.2 Å². The minimum absolute atomic E-state index is 0.0965. The van der Waals surface area contributed by atoms with E-state index < -0.39 is 0 Å². The first-order valence-electron chi connectivity index (χ1n) is 6.21. The van der Waals surface area contributed by atoms with Gasteiger partial charge in [0, 0.05) is 12.1 Å². The van der Waals surface area contributed by atoms with Crippen molar-refractivity contribution in [2.75, 3.05) is 6.54 Å². The Kier molecular flexibility index (Phi) is 5.54. The molecule has 0 unspecified atom stereocenters. The van der Waals surface area contributed by atoms with Gasteiger partial charge in [-0.3, -0.25) is 0 Å². The highest BCUT2D eigenvalue weighted by molar-refractivity contribution is 9.10. The molecule has 0 atom stereocenters. The zero-order valence-electron chi connectivity index (χ0n) is 11.5. The summed E-state index contributed by atoms with van der Waals surface area (Å²) in [5, 5.41) is 3.45. The first kappa shape index (κ1) is 15.4. The second kappa shape index (κ2) is 6.48. The number of halogens is 2. The molecule has 0 radical (unpaired) electrons. The molecule has 0 fully saturated rings. The van der Waals surface area contributed by atoms with Crippen LogP contribution in [0.1, 0.15) is 39.7 Å². The van der Waals surface area contributed by atoms with E-state index in [4.69, 9.17) is 0 Å². The molecular formula is C15H21BrFN. The Hall–Kier alpha value is -0.670. The van der Waals surface area contributed by atoms with Crippen molar-refractivity contribution >= 4 is 22.0 Å². The van der Waals surface area contributed by atoms with E-state index in [-0.39, 0.29) is 11.4 Å². The average molecular weight is 314 g/mol. The zero-order chi connectivity index (χ0) is 13.8. The smallest absolute Gasteiger partial charge is 0.137 e. The molecule has 1 rings (SSSR count). The van der Waals surface area contributed by atoms with Crippen LogP contribution in [0.3, 0.4) is 0 Å². The van der Waals surface area contributed by atoms with Crippen LogP contribution in [0.25, 0.3) is 6.08 Å². The maximum absolute atomic E-state index is 13.4. The molecule has 100 valence electrons. The molecule has 1 aromatic carbocycles. The summed E-state index contributed by atoms with van der Waals surface area (Å²) < 4.78 is 13.9. The number of rotatable bonds is 4. The largest absolute Gasteiger partial charge is 0.308 e. The van der Waals surface area contributed by atoms with Crippen molar-refractivity contribution in [3.63, 3.8) is 0 Å². The van der Waals surface area contributed by atoms with Crippen LogP contribution >= 0.6 is 15.9 Å². The Morgan fingerprint density at radius 1 is 1.39 bits per heavy atom. The fraction of sp³-hybridized carbons (Fsp3) is 0.467. The molecule has 0 aliphatic heterocycles. The molecule has 1 N–H and O–H groups in total. The molecule has 18 heavy (non-hydrogen) atoms. The molecule has 0 spiro atoms. The van der Waals surface area contributed by atoms with Gasteiger partial charge in [0.25, 0.3) is 0 Å². The Morgan fingerprint density at radius 3 is 2.56 bits per heavy atom. The van der Waals surface area contributed by atoms with E-state index in [9.17, 15) is 4.39 Å². The minimum Gasteiger partial charge on any atom is -0.308 e. The van der Waals surface area contributed by atoms with Gasteiger partial charge in [-0.1, -0.05) is 24.6 Å². The quantitative estimate of drug-likeness (QED) is 0.844. The van der Waals surface area contributed by atoms with Gasteiger partial charge >= 0.3 is 0 Å². The van der Waals surface area contributed by atoms with Gasteiger partial charge in [-0.25, -0.2) is 4.39 Å². The van der Waals surface area contributed by atoms with Gasteiger partial charge in [-0.15, -0.1) is 0 Å². The number of hydrogen-bond acceptors (Lipinski definition) is 1. The molecule has 0 aromatic heterocycles. The third kappa shape index (κ3) is 5.32. The highest BCUT2D eigenvalue weighted by Crippen LogP contribution is 2.18. The van der Waals surface area contributed by atoms with E-state index in [2.05, 4.69) is 48.9 Å². The van der Waals surface area contributed by atoms with E-state index >= 15 is 0 Å². The van der Waals surface area contributed by atoms with Crippen LogP contribution in [0.2, 0.25) is 0 Å². The third-order valence-corrected chi connectivity index (χ3v) is 3.26. The Balaban J connectivity index is 2.80. The normalized spacial score (nSPS) is 12.9. The third-order valence-electron chi connectivity index (χ3n) is 2.61. The first-order valence-corrected chi connectivity index (χ1v) is 7.00. The molecule has 0 heterocycles. The van der Waals surface area contributed by atoms with Gasteiger partial charge in [-0.2, -0.15) is 0 Å². The van der Waals surface area contributed by atoms with E-state index in [0.29, 0.717) is 4.47 Å². The number of nitrogens with one attached hydrogen (secondary N) is 1. The maximum Gasteiger partial charge on any atom is 0.137 e. The fourth-order valence-electron chi connectivity index (χ4n) is 1.49. The Bertz CT molecular complexity index is 433. The molecule has 1 nitrogen and oxygen atoms in total. The Labute approximate surface area is 118 Å². The topological polar surface area (TPSA) is 12.0 Å². The van der Waals surface area contributed by atoms with E-state index in [1.54, 1.807) is 12.1 Å². The lowest BCUT2D eigenvalue weighted by Crippen LogP contribution is -2.36. The highest BCUT2D eigenvalue weighted by Gasteiger charge is 2.09. The van der Waals surface area contributed by atoms with Crippen LogP contribution in [0, 0.1) is 5.82 Å². The summed E-state index contributed by atoms with van der Waals surface area (Å²) in [5.74, 6) is -0.219. The fourth-order valence-corrected chi connectivity index (χ4v) is 1.74. The number of hydrogen-bond donors (Lipinski definition) is 1. The molecule has 0 aliphatic rings. The zero-order valence-corrected chi connectivity index (χ0v) is 13.1. The summed E-state index contributed by atoms with van der Waals surface area (Å²) >= 11 is 3.16. The standard InChI is InChI=1S/C15H21BrFN/c1-5-11(10-18-15(2,3)4)8-12-6-7-13(16)14(17)9-12/h6-9,18H,5,10H2,1-4H3/b11-8-. The van der Waals surface area contributed by atoms with Gasteiger partial charge in [0.2, 0.25) is 0 Å². The monoisotopic (exact) mass is 313 g/mol. The minimum atomic E-state index is -0.219. The van der Waals surface area contributed by atoms with Crippen molar-refractivity contribution in [1.29, 1.82) is 0 Å². The summed E-state index contributed by atoms with van der Waals surface area (Å²) in [4.78, 5) is 0. The average Bonchev–Trinajstić information content (AvgIpc) is 2.28. The van der Waals surface area contributed by atoms with Gasteiger partial charge in [-0.05, 0) is 60.8 Å². The summed E-state index contributed by atoms with van der Waals surface area (Å²) in [6.07, 6.45) is 3.01. The Morgan fingerprint density at radius 2 is 2.06 bits per heavy atom.